The second-order valence-electron chi connectivity index (χ2n) is 4.05. The highest BCUT2D eigenvalue weighted by molar-refractivity contribution is 9.10. The molecule has 0 heterocycles. The fourth-order valence-electron chi connectivity index (χ4n) is 2.05. The van der Waals surface area contributed by atoms with Crippen molar-refractivity contribution in [2.24, 2.45) is 5.73 Å². The van der Waals surface area contributed by atoms with E-state index < -0.39 is 0 Å². The molecule has 3 N–H and O–H groups in total. The molecule has 0 saturated heterocycles. The van der Waals surface area contributed by atoms with Crippen LogP contribution in [0.15, 0.2) is 27.6 Å². The van der Waals surface area contributed by atoms with Crippen LogP contribution in [0.1, 0.15) is 31.2 Å². The number of halogens is 1. The van der Waals surface area contributed by atoms with Gasteiger partial charge < -0.3 is 5.73 Å². The zero-order valence-corrected chi connectivity index (χ0v) is 11.4. The molecular formula is C12H15BrN2S. The summed E-state index contributed by atoms with van der Waals surface area (Å²) in [5, 5.41) is 8.33. The molecule has 0 amide bonds. The third-order valence-corrected chi connectivity index (χ3v) is 4.90. The van der Waals surface area contributed by atoms with Gasteiger partial charge in [-0.1, -0.05) is 18.9 Å². The van der Waals surface area contributed by atoms with Crippen molar-refractivity contribution in [3.8, 4) is 0 Å². The summed E-state index contributed by atoms with van der Waals surface area (Å²) in [7, 11) is 0. The van der Waals surface area contributed by atoms with Gasteiger partial charge in [0.15, 0.2) is 0 Å². The number of rotatable bonds is 3. The number of hydrogen-bond acceptors (Lipinski definition) is 2. The summed E-state index contributed by atoms with van der Waals surface area (Å²) < 4.78 is 0.919. The maximum Gasteiger partial charge on any atom is 0.125 e. The predicted octanol–water partition coefficient (Wildman–Crippen LogP) is 3.77. The summed E-state index contributed by atoms with van der Waals surface area (Å²) in [6.45, 7) is 0. The summed E-state index contributed by atoms with van der Waals surface area (Å²) in [5.41, 5.74) is 6.48. The normalized spacial score (nSPS) is 16.6. The Morgan fingerprint density at radius 2 is 2.06 bits per heavy atom. The minimum atomic E-state index is 0.146. The number of nitrogens with one attached hydrogen (secondary N) is 1. The number of nitrogen functional groups attached to an aromatic ring is 1. The average molecular weight is 299 g/mol. The van der Waals surface area contributed by atoms with Crippen LogP contribution < -0.4 is 5.73 Å². The molecule has 1 fully saturated rings. The van der Waals surface area contributed by atoms with E-state index >= 15 is 0 Å². The molecular weight excluding hydrogens is 284 g/mol. The second-order valence-corrected chi connectivity index (χ2v) is 6.25. The van der Waals surface area contributed by atoms with Gasteiger partial charge in [0.2, 0.25) is 0 Å². The van der Waals surface area contributed by atoms with Crippen molar-refractivity contribution in [3.63, 3.8) is 0 Å². The third-order valence-electron chi connectivity index (χ3n) is 2.84. The van der Waals surface area contributed by atoms with Gasteiger partial charge in [-0.3, -0.25) is 5.41 Å². The molecule has 16 heavy (non-hydrogen) atoms. The van der Waals surface area contributed by atoms with Gasteiger partial charge in [-0.2, -0.15) is 0 Å². The highest BCUT2D eigenvalue weighted by Crippen LogP contribution is 2.37. The monoisotopic (exact) mass is 298 g/mol. The van der Waals surface area contributed by atoms with Crippen LogP contribution in [0.4, 0.5) is 0 Å². The Morgan fingerprint density at radius 1 is 1.38 bits per heavy atom. The van der Waals surface area contributed by atoms with Crippen molar-refractivity contribution in [3.05, 3.63) is 28.2 Å². The molecule has 2 nitrogen and oxygen atoms in total. The summed E-state index contributed by atoms with van der Waals surface area (Å²) in [6, 6.07) is 6.01. The Morgan fingerprint density at radius 3 is 2.69 bits per heavy atom. The van der Waals surface area contributed by atoms with Gasteiger partial charge in [0.1, 0.15) is 5.84 Å². The lowest BCUT2D eigenvalue weighted by atomic mass is 10.2. The zero-order valence-electron chi connectivity index (χ0n) is 9.00. The molecule has 2 rings (SSSR count). The summed E-state index contributed by atoms with van der Waals surface area (Å²) >= 11 is 5.33. The predicted molar refractivity (Wildman–Crippen MR) is 73.3 cm³/mol. The van der Waals surface area contributed by atoms with E-state index in [1.54, 1.807) is 0 Å². The zero-order chi connectivity index (χ0) is 11.5. The lowest BCUT2D eigenvalue weighted by molar-refractivity contribution is 0.886. The Kier molecular flexibility index (Phi) is 3.92. The molecule has 0 unspecified atom stereocenters. The van der Waals surface area contributed by atoms with Gasteiger partial charge >= 0.3 is 0 Å². The first-order chi connectivity index (χ1) is 7.68. The first kappa shape index (κ1) is 12.0. The summed E-state index contributed by atoms with van der Waals surface area (Å²) in [6.07, 6.45) is 5.24. The van der Waals surface area contributed by atoms with Crippen LogP contribution in [0.2, 0.25) is 0 Å². The molecule has 0 atom stereocenters. The molecule has 4 heteroatoms. The van der Waals surface area contributed by atoms with Gasteiger partial charge in [-0.25, -0.2) is 0 Å². The maximum absolute atomic E-state index is 7.63. The topological polar surface area (TPSA) is 49.9 Å². The highest BCUT2D eigenvalue weighted by atomic mass is 79.9. The summed E-state index contributed by atoms with van der Waals surface area (Å²) in [4.78, 5) is 1.13. The van der Waals surface area contributed by atoms with Crippen LogP contribution in [0.3, 0.4) is 0 Å². The lowest BCUT2D eigenvalue weighted by Gasteiger charge is -2.13. The third kappa shape index (κ3) is 2.61. The molecule has 1 aliphatic rings. The molecule has 1 saturated carbocycles. The molecule has 0 bridgehead atoms. The van der Waals surface area contributed by atoms with Crippen molar-refractivity contribution >= 4 is 33.5 Å². The van der Waals surface area contributed by atoms with Crippen LogP contribution in [0.25, 0.3) is 0 Å². The van der Waals surface area contributed by atoms with E-state index in [-0.39, 0.29) is 5.84 Å². The highest BCUT2D eigenvalue weighted by Gasteiger charge is 2.19. The van der Waals surface area contributed by atoms with E-state index in [2.05, 4.69) is 22.0 Å². The second kappa shape index (κ2) is 5.23. The largest absolute Gasteiger partial charge is 0.384 e. The molecule has 1 aliphatic carbocycles. The van der Waals surface area contributed by atoms with Gasteiger partial charge in [-0.05, 0) is 40.9 Å². The lowest BCUT2D eigenvalue weighted by Crippen LogP contribution is -2.13. The van der Waals surface area contributed by atoms with E-state index in [4.69, 9.17) is 11.1 Å². The van der Waals surface area contributed by atoms with E-state index in [0.717, 1.165) is 14.9 Å². The Labute approximate surface area is 109 Å². The SMILES string of the molecule is N=C(N)c1c(Br)cccc1SC1CCCC1. The minimum Gasteiger partial charge on any atom is -0.384 e. The van der Waals surface area contributed by atoms with Gasteiger partial charge in [0, 0.05) is 20.2 Å². The Balaban J connectivity index is 2.25. The quantitative estimate of drug-likeness (QED) is 0.659. The van der Waals surface area contributed by atoms with Crippen LogP contribution in [-0.2, 0) is 0 Å². The van der Waals surface area contributed by atoms with Crippen molar-refractivity contribution in [1.29, 1.82) is 5.41 Å². The molecule has 86 valence electrons. The summed E-state index contributed by atoms with van der Waals surface area (Å²) in [5.74, 6) is 0.146. The molecule has 0 radical (unpaired) electrons. The first-order valence-corrected chi connectivity index (χ1v) is 7.15. The van der Waals surface area contributed by atoms with Crippen LogP contribution in [0.5, 0.6) is 0 Å². The van der Waals surface area contributed by atoms with Gasteiger partial charge in [0.25, 0.3) is 0 Å². The fraction of sp³-hybridized carbons (Fsp3) is 0.417. The van der Waals surface area contributed by atoms with Crippen LogP contribution >= 0.6 is 27.7 Å². The van der Waals surface area contributed by atoms with E-state index in [9.17, 15) is 0 Å². The standard InChI is InChI=1S/C12H15BrN2S/c13-9-6-3-7-10(11(9)12(14)15)16-8-4-1-2-5-8/h3,6-8H,1-2,4-5H2,(H3,14,15). The number of hydrogen-bond donors (Lipinski definition) is 2. The van der Waals surface area contributed by atoms with Crippen LogP contribution in [-0.4, -0.2) is 11.1 Å². The van der Waals surface area contributed by atoms with Crippen molar-refractivity contribution in [2.75, 3.05) is 0 Å². The van der Waals surface area contributed by atoms with Crippen molar-refractivity contribution in [2.45, 2.75) is 35.8 Å². The minimum absolute atomic E-state index is 0.146. The molecule has 1 aromatic carbocycles. The van der Waals surface area contributed by atoms with Gasteiger partial charge in [-0.15, -0.1) is 11.8 Å². The number of nitrogens with two attached hydrogens (primary N) is 1. The first-order valence-electron chi connectivity index (χ1n) is 5.48. The average Bonchev–Trinajstić information content (AvgIpc) is 2.70. The molecule has 1 aromatic rings. The molecule has 0 aromatic heterocycles. The smallest absolute Gasteiger partial charge is 0.125 e. The number of thioether (sulfide) groups is 1. The number of amidine groups is 1. The van der Waals surface area contributed by atoms with E-state index in [1.807, 2.05) is 23.9 Å². The van der Waals surface area contributed by atoms with Crippen LogP contribution in [0, 0.1) is 5.41 Å². The fourth-order valence-corrected chi connectivity index (χ4v) is 4.18. The Bertz CT molecular complexity index is 400. The van der Waals surface area contributed by atoms with Gasteiger partial charge in [0.05, 0.1) is 0 Å². The maximum atomic E-state index is 7.63. The molecule has 0 aliphatic heterocycles. The Hall–Kier alpha value is -0.480. The van der Waals surface area contributed by atoms with Crippen molar-refractivity contribution < 1.29 is 0 Å². The van der Waals surface area contributed by atoms with Crippen molar-refractivity contribution in [1.82, 2.24) is 0 Å². The number of benzene rings is 1. The van der Waals surface area contributed by atoms with E-state index in [1.165, 1.54) is 25.7 Å². The molecule has 0 spiro atoms. The van der Waals surface area contributed by atoms with E-state index in [0.29, 0.717) is 5.25 Å².